The van der Waals surface area contributed by atoms with Gasteiger partial charge in [0.1, 0.15) is 17.2 Å². The van der Waals surface area contributed by atoms with Crippen molar-refractivity contribution in [3.8, 4) is 17.3 Å². The molecular weight excluding hydrogens is 587 g/mol. The Balaban J connectivity index is 1.44. The fourth-order valence-electron chi connectivity index (χ4n) is 5.32. The van der Waals surface area contributed by atoms with E-state index in [4.69, 9.17) is 9.72 Å². The van der Waals surface area contributed by atoms with Gasteiger partial charge in [0.05, 0.1) is 22.9 Å². The van der Waals surface area contributed by atoms with Gasteiger partial charge in [-0.1, -0.05) is 30.3 Å². The molecular formula is C35H41FN6O4. The summed E-state index contributed by atoms with van der Waals surface area (Å²) in [6.07, 6.45) is 2.46. The van der Waals surface area contributed by atoms with E-state index in [1.165, 1.54) is 12.1 Å². The second-order valence-electron chi connectivity index (χ2n) is 12.2. The molecule has 242 valence electrons. The number of nitrogens with zero attached hydrogens (tertiary/aromatic N) is 3. The van der Waals surface area contributed by atoms with Crippen LogP contribution in [0.1, 0.15) is 67.9 Å². The van der Waals surface area contributed by atoms with Crippen LogP contribution in [0, 0.1) is 17.1 Å². The molecule has 46 heavy (non-hydrogen) atoms. The number of nitriles is 1. The fraction of sp³-hybridized carbons (Fsp3) is 0.400. The van der Waals surface area contributed by atoms with Crippen LogP contribution >= 0.6 is 0 Å². The van der Waals surface area contributed by atoms with Crippen LogP contribution in [0.5, 0.6) is 0 Å². The maximum Gasteiger partial charge on any atom is 0.407 e. The Morgan fingerprint density at radius 3 is 2.65 bits per heavy atom. The third-order valence-electron chi connectivity index (χ3n) is 7.49. The van der Waals surface area contributed by atoms with Gasteiger partial charge in [0.25, 0.3) is 5.91 Å². The number of hydrogen-bond donors (Lipinski definition) is 3. The average Bonchev–Trinajstić information content (AvgIpc) is 3.02. The number of nitrogens with one attached hydrogen (secondary N) is 3. The Kier molecular flexibility index (Phi) is 11.7. The van der Waals surface area contributed by atoms with E-state index < -0.39 is 11.7 Å². The molecule has 3 aromatic rings. The molecule has 0 saturated carbocycles. The van der Waals surface area contributed by atoms with Crippen LogP contribution in [0.25, 0.3) is 11.3 Å². The molecule has 11 heteroatoms. The molecule has 4 rings (SSSR count). The number of piperidine rings is 1. The number of carbonyl (C=O) groups is 3. The number of hydrogen-bond acceptors (Lipinski definition) is 7. The highest BCUT2D eigenvalue weighted by Crippen LogP contribution is 2.25. The first-order valence-corrected chi connectivity index (χ1v) is 15.6. The van der Waals surface area contributed by atoms with E-state index in [1.54, 1.807) is 62.1 Å². The van der Waals surface area contributed by atoms with Crippen LogP contribution in [0.2, 0.25) is 0 Å². The predicted molar refractivity (Wildman–Crippen MR) is 174 cm³/mol. The summed E-state index contributed by atoms with van der Waals surface area (Å²) in [5.41, 5.74) is 2.15. The third kappa shape index (κ3) is 9.76. The molecule has 0 unspecified atom stereocenters. The van der Waals surface area contributed by atoms with Gasteiger partial charge in [-0.2, -0.15) is 5.26 Å². The standard InChI is InChI=1S/C35H41FN6O4/c1-35(2,3)46-34(45)39-18-8-20-42-27(12-7-14-31(42)43)23-40-33(44)29-15-16-30(28-13-5-4-10-25(28)22-37)41-32(29)38-19-17-24-9-6-11-26(36)21-24/h4-6,9-11,13,15-16,21,27H,7-8,12,14,17-20,23H2,1-3H3,(H,38,41)(H,39,45)(H,40,44)/t27-/m1/s1. The topological polar surface area (TPSA) is 136 Å². The normalized spacial score (nSPS) is 14.7. The lowest BCUT2D eigenvalue weighted by Crippen LogP contribution is -2.50. The number of halogens is 1. The average molecular weight is 629 g/mol. The Hall–Kier alpha value is -4.98. The number of pyridine rings is 1. The van der Waals surface area contributed by atoms with E-state index in [2.05, 4.69) is 22.0 Å². The first-order chi connectivity index (χ1) is 22.0. The number of rotatable bonds is 12. The molecule has 0 aliphatic carbocycles. The molecule has 2 aromatic carbocycles. The molecule has 10 nitrogen and oxygen atoms in total. The molecule has 1 atom stereocenters. The van der Waals surface area contributed by atoms with Gasteiger partial charge in [0.2, 0.25) is 5.91 Å². The van der Waals surface area contributed by atoms with Crippen LogP contribution in [-0.4, -0.2) is 65.6 Å². The van der Waals surface area contributed by atoms with Crippen molar-refractivity contribution in [2.45, 2.75) is 64.5 Å². The van der Waals surface area contributed by atoms with Crippen LogP contribution in [0.15, 0.2) is 60.7 Å². The second-order valence-corrected chi connectivity index (χ2v) is 12.2. The minimum absolute atomic E-state index is 0.0182. The van der Waals surface area contributed by atoms with Gasteiger partial charge in [-0.3, -0.25) is 9.59 Å². The van der Waals surface area contributed by atoms with Crippen molar-refractivity contribution in [1.29, 1.82) is 5.26 Å². The number of benzene rings is 2. The molecule has 1 aromatic heterocycles. The monoisotopic (exact) mass is 628 g/mol. The summed E-state index contributed by atoms with van der Waals surface area (Å²) < 4.78 is 19.0. The maximum atomic E-state index is 13.7. The molecule has 3 amide bonds. The number of likely N-dealkylation sites (tertiary alicyclic amines) is 1. The van der Waals surface area contributed by atoms with E-state index in [0.717, 1.165) is 18.4 Å². The van der Waals surface area contributed by atoms with E-state index in [0.29, 0.717) is 67.1 Å². The van der Waals surface area contributed by atoms with Gasteiger partial charge < -0.3 is 25.6 Å². The minimum atomic E-state index is -0.593. The van der Waals surface area contributed by atoms with E-state index in [-0.39, 0.29) is 30.2 Å². The van der Waals surface area contributed by atoms with Crippen molar-refractivity contribution in [2.75, 3.05) is 31.5 Å². The quantitative estimate of drug-likeness (QED) is 0.227. The lowest BCUT2D eigenvalue weighted by Gasteiger charge is -2.36. The highest BCUT2D eigenvalue weighted by molar-refractivity contribution is 5.99. The summed E-state index contributed by atoms with van der Waals surface area (Å²) in [6.45, 7) is 6.83. The zero-order valence-corrected chi connectivity index (χ0v) is 26.6. The summed E-state index contributed by atoms with van der Waals surface area (Å²) in [6, 6.07) is 18.8. The van der Waals surface area contributed by atoms with Crippen molar-refractivity contribution in [2.24, 2.45) is 0 Å². The molecule has 1 saturated heterocycles. The number of aromatic nitrogens is 1. The lowest BCUT2D eigenvalue weighted by molar-refractivity contribution is -0.136. The van der Waals surface area contributed by atoms with Crippen molar-refractivity contribution in [3.63, 3.8) is 0 Å². The van der Waals surface area contributed by atoms with Crippen molar-refractivity contribution in [3.05, 3.63) is 83.2 Å². The number of amides is 3. The Morgan fingerprint density at radius 1 is 1.09 bits per heavy atom. The number of alkyl carbamates (subject to hydrolysis) is 1. The summed E-state index contributed by atoms with van der Waals surface area (Å²) in [5.74, 6) is -0.320. The Labute approximate surface area is 269 Å². The zero-order valence-electron chi connectivity index (χ0n) is 26.6. The molecule has 0 radical (unpaired) electrons. The first-order valence-electron chi connectivity index (χ1n) is 15.6. The Bertz CT molecular complexity index is 1580. The first kappa shape index (κ1) is 33.9. The number of carbonyl (C=O) groups excluding carboxylic acids is 3. The summed E-state index contributed by atoms with van der Waals surface area (Å²) >= 11 is 0. The second kappa shape index (κ2) is 15.8. The highest BCUT2D eigenvalue weighted by Gasteiger charge is 2.28. The van der Waals surface area contributed by atoms with Gasteiger partial charge in [-0.05, 0) is 82.3 Å². The minimum Gasteiger partial charge on any atom is -0.444 e. The number of anilines is 1. The highest BCUT2D eigenvalue weighted by atomic mass is 19.1. The van der Waals surface area contributed by atoms with Crippen LogP contribution in [0.4, 0.5) is 15.0 Å². The molecule has 1 aliphatic rings. The Morgan fingerprint density at radius 2 is 1.89 bits per heavy atom. The van der Waals surface area contributed by atoms with Crippen LogP contribution < -0.4 is 16.0 Å². The smallest absolute Gasteiger partial charge is 0.407 e. The van der Waals surface area contributed by atoms with Gasteiger partial charge in [0, 0.05) is 44.2 Å². The van der Waals surface area contributed by atoms with Crippen molar-refractivity contribution in [1.82, 2.24) is 20.5 Å². The predicted octanol–water partition coefficient (Wildman–Crippen LogP) is 5.44. The van der Waals surface area contributed by atoms with E-state index in [9.17, 15) is 24.0 Å². The van der Waals surface area contributed by atoms with Crippen LogP contribution in [-0.2, 0) is 16.0 Å². The molecule has 0 spiro atoms. The molecule has 0 bridgehead atoms. The third-order valence-corrected chi connectivity index (χ3v) is 7.49. The van der Waals surface area contributed by atoms with E-state index >= 15 is 0 Å². The zero-order chi connectivity index (χ0) is 33.1. The number of ether oxygens (including phenoxy) is 1. The van der Waals surface area contributed by atoms with Crippen molar-refractivity contribution >= 4 is 23.7 Å². The molecule has 3 N–H and O–H groups in total. The maximum absolute atomic E-state index is 13.7. The molecule has 1 aliphatic heterocycles. The van der Waals surface area contributed by atoms with Gasteiger partial charge in [-0.25, -0.2) is 14.2 Å². The fourth-order valence-corrected chi connectivity index (χ4v) is 5.32. The van der Waals surface area contributed by atoms with Gasteiger partial charge >= 0.3 is 6.09 Å². The van der Waals surface area contributed by atoms with Crippen molar-refractivity contribution < 1.29 is 23.5 Å². The van der Waals surface area contributed by atoms with Crippen LogP contribution in [0.3, 0.4) is 0 Å². The van der Waals surface area contributed by atoms with Gasteiger partial charge in [0.15, 0.2) is 0 Å². The SMILES string of the molecule is CC(C)(C)OC(=O)NCCCN1C(=O)CCC[C@@H]1CNC(=O)c1ccc(-c2ccccc2C#N)nc1NCCc1cccc(F)c1. The summed E-state index contributed by atoms with van der Waals surface area (Å²) in [4.78, 5) is 44.8. The lowest BCUT2D eigenvalue weighted by atomic mass is 10.0. The summed E-state index contributed by atoms with van der Waals surface area (Å²) in [5, 5.41) is 18.6. The summed E-state index contributed by atoms with van der Waals surface area (Å²) in [7, 11) is 0. The van der Waals surface area contributed by atoms with Gasteiger partial charge in [-0.15, -0.1) is 0 Å². The van der Waals surface area contributed by atoms with E-state index in [1.807, 2.05) is 12.1 Å². The largest absolute Gasteiger partial charge is 0.444 e. The molecule has 2 heterocycles. The molecule has 1 fully saturated rings.